The molecule has 0 saturated heterocycles. The summed E-state index contributed by atoms with van der Waals surface area (Å²) >= 11 is 6.14. The number of carboxylic acids is 1. The average molecular weight is 382 g/mol. The zero-order chi connectivity index (χ0) is 18.8. The van der Waals surface area contributed by atoms with Gasteiger partial charge < -0.3 is 19.5 Å². The summed E-state index contributed by atoms with van der Waals surface area (Å²) in [5.74, 6) is -2.48. The predicted molar refractivity (Wildman–Crippen MR) is 93.2 cm³/mol. The van der Waals surface area contributed by atoms with Crippen LogP contribution < -0.4 is 14.4 Å². The van der Waals surface area contributed by atoms with Crippen molar-refractivity contribution < 1.29 is 28.2 Å². The Kier molecular flexibility index (Phi) is 4.99. The van der Waals surface area contributed by atoms with Crippen molar-refractivity contribution >= 4 is 29.3 Å². The quantitative estimate of drug-likeness (QED) is 0.860. The fourth-order valence-electron chi connectivity index (χ4n) is 2.72. The highest BCUT2D eigenvalue weighted by Gasteiger charge is 2.29. The van der Waals surface area contributed by atoms with Crippen LogP contribution in [0.1, 0.15) is 15.9 Å². The van der Waals surface area contributed by atoms with Crippen LogP contribution >= 0.6 is 11.6 Å². The molecule has 0 bridgehead atoms. The maximum absolute atomic E-state index is 13.3. The van der Waals surface area contributed by atoms with Gasteiger partial charge in [0.1, 0.15) is 23.8 Å². The number of carbonyl (C=O) groups is 1. The molecule has 0 saturated carbocycles. The summed E-state index contributed by atoms with van der Waals surface area (Å²) in [5.41, 5.74) is 0.575. The number of carboxylic acid groups (broad SMARTS) is 1. The summed E-state index contributed by atoms with van der Waals surface area (Å²) in [4.78, 5) is 13.3. The van der Waals surface area contributed by atoms with Crippen LogP contribution in [0.3, 0.4) is 0 Å². The van der Waals surface area contributed by atoms with Gasteiger partial charge in [-0.1, -0.05) is 11.6 Å². The van der Waals surface area contributed by atoms with Crippen LogP contribution in [0, 0.1) is 11.6 Å². The number of fused-ring (bicyclic) bond motifs is 1. The molecule has 0 aromatic heterocycles. The van der Waals surface area contributed by atoms with Gasteiger partial charge >= 0.3 is 5.97 Å². The van der Waals surface area contributed by atoms with Crippen LogP contribution in [0.15, 0.2) is 30.5 Å². The van der Waals surface area contributed by atoms with E-state index in [9.17, 15) is 18.7 Å². The summed E-state index contributed by atoms with van der Waals surface area (Å²) in [7, 11) is 1.32. The third kappa shape index (κ3) is 3.43. The topological polar surface area (TPSA) is 59.0 Å². The molecule has 3 rings (SSSR count). The molecule has 5 nitrogen and oxygen atoms in total. The van der Waals surface area contributed by atoms with Gasteiger partial charge in [-0.05, 0) is 29.8 Å². The van der Waals surface area contributed by atoms with Gasteiger partial charge in [-0.15, -0.1) is 0 Å². The first kappa shape index (κ1) is 18.0. The maximum Gasteiger partial charge on any atom is 0.343 e. The van der Waals surface area contributed by atoms with E-state index < -0.39 is 17.6 Å². The van der Waals surface area contributed by atoms with E-state index in [-0.39, 0.29) is 28.7 Å². The van der Waals surface area contributed by atoms with Gasteiger partial charge in [0.2, 0.25) is 0 Å². The fourth-order valence-corrected chi connectivity index (χ4v) is 3.00. The van der Waals surface area contributed by atoms with Crippen LogP contribution in [0.5, 0.6) is 11.5 Å². The van der Waals surface area contributed by atoms with Crippen molar-refractivity contribution in [3.05, 3.63) is 58.2 Å². The Labute approximate surface area is 153 Å². The number of hydrogen-bond donors (Lipinski definition) is 1. The molecule has 1 aliphatic heterocycles. The molecule has 0 amide bonds. The van der Waals surface area contributed by atoms with Crippen molar-refractivity contribution in [3.8, 4) is 11.5 Å². The van der Waals surface area contributed by atoms with E-state index in [2.05, 4.69) is 0 Å². The van der Waals surface area contributed by atoms with E-state index in [1.807, 2.05) is 0 Å². The first-order valence-corrected chi connectivity index (χ1v) is 7.96. The normalized spacial score (nSPS) is 13.5. The van der Waals surface area contributed by atoms with Crippen molar-refractivity contribution in [1.29, 1.82) is 0 Å². The zero-order valence-electron chi connectivity index (χ0n) is 13.6. The number of ether oxygens (including phenoxy) is 2. The first-order chi connectivity index (χ1) is 12.4. The molecular formula is C18H14ClF2NO4. The summed E-state index contributed by atoms with van der Waals surface area (Å²) in [5, 5.41) is 9.61. The number of anilines is 1. The minimum atomic E-state index is -1.24. The van der Waals surface area contributed by atoms with Gasteiger partial charge in [-0.25, -0.2) is 13.6 Å². The van der Waals surface area contributed by atoms with Crippen LogP contribution in [0.25, 0.3) is 6.08 Å². The summed E-state index contributed by atoms with van der Waals surface area (Å²) in [6.07, 6.45) is 3.10. The van der Waals surface area contributed by atoms with Gasteiger partial charge in [0.15, 0.2) is 11.5 Å². The van der Waals surface area contributed by atoms with Crippen LogP contribution in [-0.4, -0.2) is 31.3 Å². The second-order valence-electron chi connectivity index (χ2n) is 5.48. The first-order valence-electron chi connectivity index (χ1n) is 7.58. The Morgan fingerprint density at radius 1 is 1.31 bits per heavy atom. The SMILES string of the molecule is COc1c(Cl)cc2c(c1C(=O)O)OCCN2/C=C/c1cc(F)cc(F)c1. The zero-order valence-corrected chi connectivity index (χ0v) is 14.4. The van der Waals surface area contributed by atoms with Gasteiger partial charge in [0, 0.05) is 12.3 Å². The summed E-state index contributed by atoms with van der Waals surface area (Å²) < 4.78 is 37.2. The van der Waals surface area contributed by atoms with Crippen molar-refractivity contribution in [3.63, 3.8) is 0 Å². The molecule has 136 valence electrons. The van der Waals surface area contributed by atoms with E-state index in [1.165, 1.54) is 31.4 Å². The lowest BCUT2D eigenvalue weighted by atomic mass is 10.1. The number of rotatable bonds is 4. The second-order valence-corrected chi connectivity index (χ2v) is 5.89. The monoisotopic (exact) mass is 381 g/mol. The van der Waals surface area contributed by atoms with E-state index in [4.69, 9.17) is 21.1 Å². The van der Waals surface area contributed by atoms with E-state index >= 15 is 0 Å². The van der Waals surface area contributed by atoms with Gasteiger partial charge in [0.25, 0.3) is 0 Å². The van der Waals surface area contributed by atoms with E-state index in [0.717, 1.165) is 6.07 Å². The molecule has 1 heterocycles. The Balaban J connectivity index is 2.03. The predicted octanol–water partition coefficient (Wildman–Crippen LogP) is 4.19. The minimum absolute atomic E-state index is 0.0101. The highest BCUT2D eigenvalue weighted by Crippen LogP contribution is 2.44. The summed E-state index contributed by atoms with van der Waals surface area (Å²) in [6, 6.07) is 4.68. The molecule has 0 aliphatic carbocycles. The Bertz CT molecular complexity index is 881. The molecule has 26 heavy (non-hydrogen) atoms. The van der Waals surface area contributed by atoms with Crippen molar-refractivity contribution in [2.75, 3.05) is 25.2 Å². The smallest absolute Gasteiger partial charge is 0.343 e. The Morgan fingerprint density at radius 3 is 2.62 bits per heavy atom. The van der Waals surface area contributed by atoms with E-state index in [1.54, 1.807) is 11.1 Å². The Morgan fingerprint density at radius 2 is 2.00 bits per heavy atom. The molecule has 2 aromatic carbocycles. The summed E-state index contributed by atoms with van der Waals surface area (Å²) in [6.45, 7) is 0.628. The second kappa shape index (κ2) is 7.21. The Hall–Kier alpha value is -2.80. The minimum Gasteiger partial charge on any atom is -0.494 e. The number of hydrogen-bond acceptors (Lipinski definition) is 4. The van der Waals surface area contributed by atoms with Crippen molar-refractivity contribution in [2.24, 2.45) is 0 Å². The molecule has 0 atom stereocenters. The number of benzene rings is 2. The molecule has 8 heteroatoms. The molecule has 0 spiro atoms. The molecule has 1 aliphatic rings. The lowest BCUT2D eigenvalue weighted by molar-refractivity contribution is 0.0688. The van der Waals surface area contributed by atoms with Crippen molar-refractivity contribution in [2.45, 2.75) is 0 Å². The number of nitrogens with zero attached hydrogens (tertiary/aromatic N) is 1. The number of methoxy groups -OCH3 is 1. The van der Waals surface area contributed by atoms with Gasteiger partial charge in [-0.3, -0.25) is 0 Å². The highest BCUT2D eigenvalue weighted by atomic mass is 35.5. The molecule has 0 fully saturated rings. The highest BCUT2D eigenvalue weighted by molar-refractivity contribution is 6.33. The van der Waals surface area contributed by atoms with Crippen LogP contribution in [0.4, 0.5) is 14.5 Å². The third-order valence-electron chi connectivity index (χ3n) is 3.80. The van der Waals surface area contributed by atoms with E-state index in [0.29, 0.717) is 17.8 Å². The molecule has 1 N–H and O–H groups in total. The fraction of sp³-hybridized carbons (Fsp3) is 0.167. The molecule has 0 unspecified atom stereocenters. The van der Waals surface area contributed by atoms with Gasteiger partial charge in [-0.2, -0.15) is 0 Å². The largest absolute Gasteiger partial charge is 0.494 e. The average Bonchev–Trinajstić information content (AvgIpc) is 2.57. The maximum atomic E-state index is 13.3. The lowest BCUT2D eigenvalue weighted by Gasteiger charge is -2.30. The van der Waals surface area contributed by atoms with Gasteiger partial charge in [0.05, 0.1) is 24.4 Å². The molecular weight excluding hydrogens is 368 g/mol. The van der Waals surface area contributed by atoms with Crippen LogP contribution in [-0.2, 0) is 0 Å². The van der Waals surface area contributed by atoms with Crippen LogP contribution in [0.2, 0.25) is 5.02 Å². The standard InChI is InChI=1S/C18H14ClF2NO4/c1-25-16-13(19)9-14-17(15(16)18(23)24)26-5-4-22(14)3-2-10-6-11(20)8-12(21)7-10/h2-3,6-9H,4-5H2,1H3,(H,23,24)/b3-2+. The number of halogens is 3. The number of aromatic carboxylic acids is 1. The van der Waals surface area contributed by atoms with Crippen molar-refractivity contribution in [1.82, 2.24) is 0 Å². The molecule has 2 aromatic rings. The molecule has 0 radical (unpaired) electrons. The lowest BCUT2D eigenvalue weighted by Crippen LogP contribution is -2.29. The third-order valence-corrected chi connectivity index (χ3v) is 4.09.